The number of hydrogen-bond acceptors (Lipinski definition) is 6. The first-order chi connectivity index (χ1) is 8.40. The largest absolute Gasteiger partial charge is 0.390 e. The average molecular weight is 264 g/mol. The summed E-state index contributed by atoms with van der Waals surface area (Å²) in [6.45, 7) is 3.91. The zero-order valence-electron chi connectivity index (χ0n) is 10.9. The molecule has 2 aliphatic rings. The Bertz CT molecular complexity index is 213. The van der Waals surface area contributed by atoms with Crippen LogP contribution in [-0.2, 0) is 9.47 Å². The Morgan fingerprint density at radius 2 is 1.56 bits per heavy atom. The molecule has 0 aromatic rings. The van der Waals surface area contributed by atoms with Gasteiger partial charge >= 0.3 is 0 Å². The van der Waals surface area contributed by atoms with Crippen molar-refractivity contribution < 1.29 is 29.9 Å². The van der Waals surface area contributed by atoms with E-state index < -0.39 is 24.6 Å². The van der Waals surface area contributed by atoms with Crippen molar-refractivity contribution in [3.63, 3.8) is 0 Å². The van der Waals surface area contributed by atoms with Gasteiger partial charge in [-0.1, -0.05) is 0 Å². The van der Waals surface area contributed by atoms with Crippen LogP contribution in [0.5, 0.6) is 0 Å². The molecule has 0 radical (unpaired) electrons. The molecular weight excluding hydrogens is 240 g/mol. The average Bonchev–Trinajstić information content (AvgIpc) is 2.30. The van der Waals surface area contributed by atoms with Gasteiger partial charge in [0.1, 0.15) is 6.10 Å². The van der Waals surface area contributed by atoms with E-state index in [1.807, 2.05) is 6.92 Å². The SMILES string of the molecule is CC1CC(O)C(O)CO1.C[C@@H]1OC(O)CCC1O. The molecule has 6 heteroatoms. The van der Waals surface area contributed by atoms with Crippen molar-refractivity contribution in [3.05, 3.63) is 0 Å². The minimum atomic E-state index is -0.679. The molecule has 0 amide bonds. The lowest BCUT2D eigenvalue weighted by Gasteiger charge is -2.28. The normalized spacial score (nSPS) is 45.0. The zero-order valence-corrected chi connectivity index (χ0v) is 10.9. The van der Waals surface area contributed by atoms with E-state index in [1.54, 1.807) is 6.92 Å². The predicted octanol–water partition coefficient (Wildman–Crippen LogP) is -0.618. The van der Waals surface area contributed by atoms with Gasteiger partial charge in [-0.15, -0.1) is 0 Å². The van der Waals surface area contributed by atoms with Crippen LogP contribution in [0.15, 0.2) is 0 Å². The summed E-state index contributed by atoms with van der Waals surface area (Å²) in [6.07, 6.45) is -0.724. The smallest absolute Gasteiger partial charge is 0.155 e. The van der Waals surface area contributed by atoms with Crippen molar-refractivity contribution in [1.82, 2.24) is 0 Å². The Hall–Kier alpha value is -0.240. The van der Waals surface area contributed by atoms with Crippen LogP contribution in [0.25, 0.3) is 0 Å². The van der Waals surface area contributed by atoms with E-state index in [1.165, 1.54) is 0 Å². The van der Waals surface area contributed by atoms with Gasteiger partial charge < -0.3 is 29.9 Å². The molecule has 2 saturated heterocycles. The van der Waals surface area contributed by atoms with Crippen molar-refractivity contribution in [2.24, 2.45) is 0 Å². The summed E-state index contributed by atoms with van der Waals surface area (Å²) in [6, 6.07) is 0. The van der Waals surface area contributed by atoms with Gasteiger partial charge in [0.25, 0.3) is 0 Å². The van der Waals surface area contributed by atoms with E-state index in [9.17, 15) is 0 Å². The molecule has 2 heterocycles. The summed E-state index contributed by atoms with van der Waals surface area (Å²) < 4.78 is 9.95. The third kappa shape index (κ3) is 5.17. The van der Waals surface area contributed by atoms with Gasteiger partial charge in [0.15, 0.2) is 6.29 Å². The molecule has 0 bridgehead atoms. The van der Waals surface area contributed by atoms with Crippen LogP contribution in [-0.4, -0.2) is 63.8 Å². The van der Waals surface area contributed by atoms with Crippen LogP contribution in [0.2, 0.25) is 0 Å². The number of aliphatic hydroxyl groups is 4. The predicted molar refractivity (Wildman–Crippen MR) is 63.8 cm³/mol. The second kappa shape index (κ2) is 7.37. The van der Waals surface area contributed by atoms with Crippen molar-refractivity contribution in [1.29, 1.82) is 0 Å². The lowest BCUT2D eigenvalue weighted by Crippen LogP contribution is -2.39. The summed E-state index contributed by atoms with van der Waals surface area (Å²) in [5, 5.41) is 35.9. The van der Waals surface area contributed by atoms with Crippen molar-refractivity contribution in [3.8, 4) is 0 Å². The molecule has 2 fully saturated rings. The molecule has 0 spiro atoms. The van der Waals surface area contributed by atoms with Gasteiger partial charge in [-0.25, -0.2) is 0 Å². The molecule has 0 saturated carbocycles. The summed E-state index contributed by atoms with van der Waals surface area (Å²) in [7, 11) is 0. The third-order valence-corrected chi connectivity index (χ3v) is 3.19. The second-order valence-corrected chi connectivity index (χ2v) is 4.95. The van der Waals surface area contributed by atoms with Crippen LogP contribution < -0.4 is 0 Å². The molecule has 108 valence electrons. The lowest BCUT2D eigenvalue weighted by atomic mass is 10.1. The maximum absolute atomic E-state index is 9.06. The Morgan fingerprint density at radius 3 is 2.00 bits per heavy atom. The molecule has 0 aliphatic carbocycles. The number of hydrogen-bond donors (Lipinski definition) is 4. The highest BCUT2D eigenvalue weighted by molar-refractivity contribution is 4.74. The topological polar surface area (TPSA) is 99.4 Å². The van der Waals surface area contributed by atoms with Crippen molar-refractivity contribution in [2.45, 2.75) is 69.9 Å². The third-order valence-electron chi connectivity index (χ3n) is 3.19. The van der Waals surface area contributed by atoms with E-state index >= 15 is 0 Å². The van der Waals surface area contributed by atoms with Crippen LogP contribution in [0.4, 0.5) is 0 Å². The van der Waals surface area contributed by atoms with E-state index in [0.29, 0.717) is 19.3 Å². The summed E-state index contributed by atoms with van der Waals surface area (Å²) >= 11 is 0. The maximum atomic E-state index is 9.06. The van der Waals surface area contributed by atoms with E-state index in [4.69, 9.17) is 29.9 Å². The summed E-state index contributed by atoms with van der Waals surface area (Å²) in [5.74, 6) is 0. The molecule has 4 N–H and O–H groups in total. The molecule has 6 nitrogen and oxygen atoms in total. The quantitative estimate of drug-likeness (QED) is 0.465. The van der Waals surface area contributed by atoms with Crippen LogP contribution in [0.3, 0.4) is 0 Å². The maximum Gasteiger partial charge on any atom is 0.155 e. The minimum Gasteiger partial charge on any atom is -0.390 e. The molecule has 0 aromatic carbocycles. The number of aliphatic hydroxyl groups excluding tert-OH is 4. The molecular formula is C12H24O6. The lowest BCUT2D eigenvalue weighted by molar-refractivity contribution is -0.192. The Kier molecular flexibility index (Phi) is 6.48. The van der Waals surface area contributed by atoms with Gasteiger partial charge in [0, 0.05) is 12.8 Å². The molecule has 0 aromatic heterocycles. The van der Waals surface area contributed by atoms with E-state index in [0.717, 1.165) is 0 Å². The molecule has 6 atom stereocenters. The molecule has 5 unspecified atom stereocenters. The Balaban J connectivity index is 0.000000180. The van der Waals surface area contributed by atoms with Gasteiger partial charge in [-0.3, -0.25) is 0 Å². The fourth-order valence-electron chi connectivity index (χ4n) is 1.89. The zero-order chi connectivity index (χ0) is 13.7. The summed E-state index contributed by atoms with van der Waals surface area (Å²) in [5.41, 5.74) is 0. The fourth-order valence-corrected chi connectivity index (χ4v) is 1.89. The monoisotopic (exact) mass is 264 g/mol. The van der Waals surface area contributed by atoms with Crippen molar-refractivity contribution >= 4 is 0 Å². The Morgan fingerprint density at radius 1 is 0.889 bits per heavy atom. The van der Waals surface area contributed by atoms with Gasteiger partial charge in [-0.05, 0) is 20.3 Å². The standard InChI is InChI=1S/2C6H12O3/c1-4-2-5(7)6(8)3-9-4;1-4-5(7)2-3-6(8)9-4/h2*4-8H,2-3H2,1H3/t;4-,5?,6?/m.0/s1. The molecule has 2 aliphatic heterocycles. The van der Waals surface area contributed by atoms with Crippen LogP contribution >= 0.6 is 0 Å². The molecule has 18 heavy (non-hydrogen) atoms. The van der Waals surface area contributed by atoms with Crippen LogP contribution in [0.1, 0.15) is 33.1 Å². The first-order valence-electron chi connectivity index (χ1n) is 6.39. The number of ether oxygens (including phenoxy) is 2. The first kappa shape index (κ1) is 15.8. The fraction of sp³-hybridized carbons (Fsp3) is 1.00. The van der Waals surface area contributed by atoms with E-state index in [-0.39, 0.29) is 18.8 Å². The first-order valence-corrected chi connectivity index (χ1v) is 6.39. The summed E-state index contributed by atoms with van der Waals surface area (Å²) in [4.78, 5) is 0. The highest BCUT2D eigenvalue weighted by Crippen LogP contribution is 2.16. The minimum absolute atomic E-state index is 0.0865. The van der Waals surface area contributed by atoms with Crippen LogP contribution in [0, 0.1) is 0 Å². The van der Waals surface area contributed by atoms with Gasteiger partial charge in [0.2, 0.25) is 0 Å². The highest BCUT2D eigenvalue weighted by atomic mass is 16.6. The highest BCUT2D eigenvalue weighted by Gasteiger charge is 2.25. The van der Waals surface area contributed by atoms with Gasteiger partial charge in [0.05, 0.1) is 31.0 Å². The van der Waals surface area contributed by atoms with Gasteiger partial charge in [-0.2, -0.15) is 0 Å². The van der Waals surface area contributed by atoms with E-state index in [2.05, 4.69) is 0 Å². The Labute approximate surface area is 107 Å². The second-order valence-electron chi connectivity index (χ2n) is 4.95. The van der Waals surface area contributed by atoms with Crippen molar-refractivity contribution in [2.75, 3.05) is 6.61 Å². The number of rotatable bonds is 0. The molecule has 2 rings (SSSR count).